The van der Waals surface area contributed by atoms with Crippen molar-refractivity contribution < 1.29 is 9.47 Å². The quantitative estimate of drug-likeness (QED) is 0.865. The number of ether oxygens (including phenoxy) is 2. The van der Waals surface area contributed by atoms with Crippen molar-refractivity contribution in [1.82, 2.24) is 5.32 Å². The first kappa shape index (κ1) is 15.1. The summed E-state index contributed by atoms with van der Waals surface area (Å²) < 4.78 is 12.2. The molecule has 3 rings (SSSR count). The molecule has 0 aliphatic carbocycles. The third-order valence-electron chi connectivity index (χ3n) is 5.40. The van der Waals surface area contributed by atoms with Crippen LogP contribution in [0.2, 0.25) is 0 Å². The molecular formula is C16H29NO2S. The molecule has 4 heteroatoms. The minimum atomic E-state index is 0.0379. The highest BCUT2D eigenvalue weighted by Gasteiger charge is 2.48. The van der Waals surface area contributed by atoms with E-state index >= 15 is 0 Å². The Balaban J connectivity index is 1.73. The van der Waals surface area contributed by atoms with E-state index in [0.717, 1.165) is 38.7 Å². The Morgan fingerprint density at radius 3 is 2.90 bits per heavy atom. The zero-order valence-corrected chi connectivity index (χ0v) is 13.8. The molecule has 3 fully saturated rings. The molecule has 3 nitrogen and oxygen atoms in total. The highest BCUT2D eigenvalue weighted by molar-refractivity contribution is 8.00. The predicted octanol–water partition coefficient (Wildman–Crippen LogP) is 2.84. The predicted molar refractivity (Wildman–Crippen MR) is 84.4 cm³/mol. The van der Waals surface area contributed by atoms with Gasteiger partial charge < -0.3 is 14.8 Å². The van der Waals surface area contributed by atoms with Crippen LogP contribution in [0.15, 0.2) is 0 Å². The first-order valence-electron chi connectivity index (χ1n) is 8.27. The van der Waals surface area contributed by atoms with E-state index in [0.29, 0.717) is 10.8 Å². The Kier molecular flexibility index (Phi) is 4.66. The maximum Gasteiger partial charge on any atom is 0.0939 e. The zero-order chi connectivity index (χ0) is 14.1. The van der Waals surface area contributed by atoms with E-state index in [1.165, 1.54) is 31.4 Å². The number of hydrogen-bond donors (Lipinski definition) is 1. The standard InChI is InChI=1S/C16H29NO2S/c1-3-17-14(15(2)6-4-10-20-15)13-5-8-19-16(11-13)7-9-18-12-16/h13-14,17H,3-12H2,1-2H3. The molecule has 3 heterocycles. The van der Waals surface area contributed by atoms with Crippen molar-refractivity contribution in [2.45, 2.75) is 62.3 Å². The first-order chi connectivity index (χ1) is 9.68. The van der Waals surface area contributed by atoms with E-state index in [9.17, 15) is 0 Å². The molecule has 3 aliphatic heterocycles. The van der Waals surface area contributed by atoms with Crippen molar-refractivity contribution in [2.24, 2.45) is 5.92 Å². The lowest BCUT2D eigenvalue weighted by atomic mass is 9.76. The summed E-state index contributed by atoms with van der Waals surface area (Å²) in [6.07, 6.45) is 6.21. The largest absolute Gasteiger partial charge is 0.378 e. The van der Waals surface area contributed by atoms with Gasteiger partial charge in [0.05, 0.1) is 12.2 Å². The van der Waals surface area contributed by atoms with E-state index in [1.807, 2.05) is 0 Å². The second-order valence-electron chi connectivity index (χ2n) is 6.89. The number of rotatable bonds is 4. The summed E-state index contributed by atoms with van der Waals surface area (Å²) in [4.78, 5) is 0. The fourth-order valence-electron chi connectivity index (χ4n) is 4.36. The molecular weight excluding hydrogens is 270 g/mol. The van der Waals surface area contributed by atoms with E-state index in [4.69, 9.17) is 9.47 Å². The number of hydrogen-bond acceptors (Lipinski definition) is 4. The Hall–Kier alpha value is 0.230. The van der Waals surface area contributed by atoms with Gasteiger partial charge in [-0.05, 0) is 50.8 Å². The van der Waals surface area contributed by atoms with Crippen molar-refractivity contribution in [3.8, 4) is 0 Å². The van der Waals surface area contributed by atoms with Gasteiger partial charge in [-0.15, -0.1) is 0 Å². The fourth-order valence-corrected chi connectivity index (χ4v) is 5.86. The molecule has 1 N–H and O–H groups in total. The molecule has 3 saturated heterocycles. The van der Waals surface area contributed by atoms with E-state index in [-0.39, 0.29) is 5.60 Å². The molecule has 4 atom stereocenters. The monoisotopic (exact) mass is 299 g/mol. The topological polar surface area (TPSA) is 30.5 Å². The Morgan fingerprint density at radius 1 is 1.35 bits per heavy atom. The van der Waals surface area contributed by atoms with Gasteiger partial charge in [0, 0.05) is 30.4 Å². The van der Waals surface area contributed by atoms with E-state index in [2.05, 4.69) is 30.9 Å². The van der Waals surface area contributed by atoms with Crippen LogP contribution >= 0.6 is 11.8 Å². The van der Waals surface area contributed by atoms with Crippen LogP contribution in [0.3, 0.4) is 0 Å². The van der Waals surface area contributed by atoms with Gasteiger partial charge in [0.2, 0.25) is 0 Å². The summed E-state index contributed by atoms with van der Waals surface area (Å²) in [6.45, 7) is 8.39. The van der Waals surface area contributed by atoms with Crippen molar-refractivity contribution in [3.63, 3.8) is 0 Å². The normalized spacial score (nSPS) is 43.2. The van der Waals surface area contributed by atoms with Crippen LogP contribution in [0.5, 0.6) is 0 Å². The van der Waals surface area contributed by atoms with Crippen molar-refractivity contribution in [1.29, 1.82) is 0 Å². The highest BCUT2D eigenvalue weighted by atomic mass is 32.2. The molecule has 0 aromatic heterocycles. The second-order valence-corrected chi connectivity index (χ2v) is 8.52. The molecule has 116 valence electrons. The van der Waals surface area contributed by atoms with Crippen molar-refractivity contribution in [2.75, 3.05) is 32.1 Å². The maximum atomic E-state index is 6.12. The van der Waals surface area contributed by atoms with Gasteiger partial charge in [-0.2, -0.15) is 11.8 Å². The molecule has 4 unspecified atom stereocenters. The van der Waals surface area contributed by atoms with E-state index in [1.54, 1.807) is 0 Å². The minimum absolute atomic E-state index is 0.0379. The van der Waals surface area contributed by atoms with Gasteiger partial charge in [-0.3, -0.25) is 0 Å². The van der Waals surface area contributed by atoms with Crippen LogP contribution in [-0.2, 0) is 9.47 Å². The van der Waals surface area contributed by atoms with Crippen molar-refractivity contribution in [3.05, 3.63) is 0 Å². The fraction of sp³-hybridized carbons (Fsp3) is 1.00. The van der Waals surface area contributed by atoms with Gasteiger partial charge in [0.15, 0.2) is 0 Å². The molecule has 1 spiro atoms. The summed E-state index contributed by atoms with van der Waals surface area (Å²) in [5.41, 5.74) is 0.0379. The van der Waals surface area contributed by atoms with E-state index < -0.39 is 0 Å². The first-order valence-corrected chi connectivity index (χ1v) is 9.25. The molecule has 0 bridgehead atoms. The van der Waals surface area contributed by atoms with Crippen LogP contribution in [0, 0.1) is 5.92 Å². The molecule has 20 heavy (non-hydrogen) atoms. The van der Waals surface area contributed by atoms with Gasteiger partial charge in [0.1, 0.15) is 0 Å². The highest BCUT2D eigenvalue weighted by Crippen LogP contribution is 2.46. The van der Waals surface area contributed by atoms with Crippen molar-refractivity contribution >= 4 is 11.8 Å². The summed E-state index contributed by atoms with van der Waals surface area (Å²) in [5, 5.41) is 3.82. The number of nitrogens with one attached hydrogen (secondary N) is 1. The van der Waals surface area contributed by atoms with Crippen LogP contribution in [-0.4, -0.2) is 48.5 Å². The smallest absolute Gasteiger partial charge is 0.0939 e. The minimum Gasteiger partial charge on any atom is -0.378 e. The third-order valence-corrected chi connectivity index (χ3v) is 7.01. The van der Waals surface area contributed by atoms with Gasteiger partial charge >= 0.3 is 0 Å². The van der Waals surface area contributed by atoms with Gasteiger partial charge in [0.25, 0.3) is 0 Å². The van der Waals surface area contributed by atoms with Gasteiger partial charge in [-0.25, -0.2) is 0 Å². The Bertz CT molecular complexity index is 324. The Labute approximate surface area is 127 Å². The molecule has 0 aromatic rings. The SMILES string of the molecule is CCNC(C1CCOC2(CCOC2)C1)C1(C)CCCS1. The van der Waals surface area contributed by atoms with Crippen LogP contribution in [0.4, 0.5) is 0 Å². The van der Waals surface area contributed by atoms with Crippen LogP contribution in [0.25, 0.3) is 0 Å². The van der Waals surface area contributed by atoms with Crippen LogP contribution in [0.1, 0.15) is 46.0 Å². The zero-order valence-electron chi connectivity index (χ0n) is 13.0. The molecule has 3 aliphatic rings. The van der Waals surface area contributed by atoms with Gasteiger partial charge in [-0.1, -0.05) is 6.92 Å². The lowest BCUT2D eigenvalue weighted by Gasteiger charge is -2.45. The molecule has 0 aromatic carbocycles. The molecule has 0 amide bonds. The molecule has 0 saturated carbocycles. The third kappa shape index (κ3) is 2.90. The summed E-state index contributed by atoms with van der Waals surface area (Å²) in [6, 6.07) is 0.626. The average Bonchev–Trinajstić information content (AvgIpc) is 3.07. The second kappa shape index (κ2) is 6.15. The summed E-state index contributed by atoms with van der Waals surface area (Å²) in [7, 11) is 0. The number of thioether (sulfide) groups is 1. The lowest BCUT2D eigenvalue weighted by Crippen LogP contribution is -2.54. The Morgan fingerprint density at radius 2 is 2.25 bits per heavy atom. The lowest BCUT2D eigenvalue weighted by molar-refractivity contribution is -0.104. The maximum absolute atomic E-state index is 6.12. The summed E-state index contributed by atoms with van der Waals surface area (Å²) in [5.74, 6) is 2.07. The summed E-state index contributed by atoms with van der Waals surface area (Å²) >= 11 is 2.18. The van der Waals surface area contributed by atoms with Crippen LogP contribution < -0.4 is 5.32 Å². The molecule has 0 radical (unpaired) electrons. The average molecular weight is 299 g/mol.